The number of alkyl carbamates (subject to hydrolysis) is 1. The first kappa shape index (κ1) is 21.8. The van der Waals surface area contributed by atoms with Crippen molar-refractivity contribution in [1.29, 1.82) is 0 Å². The van der Waals surface area contributed by atoms with Crippen molar-refractivity contribution in [2.45, 2.75) is 58.3 Å². The fourth-order valence-electron chi connectivity index (χ4n) is 2.77. The van der Waals surface area contributed by atoms with Gasteiger partial charge >= 0.3 is 12.2 Å². The number of benzene rings is 1. The molecule has 1 saturated heterocycles. The van der Waals surface area contributed by atoms with Crippen LogP contribution in [0.25, 0.3) is 0 Å². The predicted molar refractivity (Wildman–Crippen MR) is 95.2 cm³/mol. The highest BCUT2D eigenvalue weighted by Gasteiger charge is 2.51. The number of carbonyl (C=O) groups is 2. The Hall–Kier alpha value is -2.45. The van der Waals surface area contributed by atoms with Crippen molar-refractivity contribution in [2.75, 3.05) is 13.1 Å². The SMILES string of the molecule is CC(C)(C)OC(=O)NC1(c2cc(F)c(F)cc2F)CN(C(=O)OC(C)(C)C)C1. The van der Waals surface area contributed by atoms with Gasteiger partial charge in [0.15, 0.2) is 11.6 Å². The van der Waals surface area contributed by atoms with E-state index < -0.39 is 46.4 Å². The fraction of sp³-hybridized carbons (Fsp3) is 0.579. The Morgan fingerprint density at radius 2 is 1.43 bits per heavy atom. The first-order valence-corrected chi connectivity index (χ1v) is 8.76. The standard InChI is InChI=1S/C19H25F3N2O4/c1-17(2,3)27-15(25)23-19(11-7-13(21)14(22)8-12(11)20)9-24(10-19)16(26)28-18(4,5)6/h7-8H,9-10H2,1-6H3,(H,23,25). The number of ether oxygens (including phenoxy) is 2. The van der Waals surface area contributed by atoms with Crippen LogP contribution in [-0.4, -0.2) is 41.4 Å². The van der Waals surface area contributed by atoms with E-state index in [0.29, 0.717) is 12.1 Å². The number of nitrogens with zero attached hydrogens (tertiary/aromatic N) is 1. The lowest BCUT2D eigenvalue weighted by molar-refractivity contribution is -0.0239. The van der Waals surface area contributed by atoms with Crippen molar-refractivity contribution in [1.82, 2.24) is 10.2 Å². The van der Waals surface area contributed by atoms with Crippen LogP contribution < -0.4 is 5.32 Å². The van der Waals surface area contributed by atoms with E-state index in [0.717, 1.165) is 0 Å². The van der Waals surface area contributed by atoms with Crippen LogP contribution >= 0.6 is 0 Å². The lowest BCUT2D eigenvalue weighted by Gasteiger charge is -2.50. The van der Waals surface area contributed by atoms with Gasteiger partial charge in [0.05, 0.1) is 13.1 Å². The van der Waals surface area contributed by atoms with Gasteiger partial charge in [-0.1, -0.05) is 0 Å². The summed E-state index contributed by atoms with van der Waals surface area (Å²) in [4.78, 5) is 25.7. The van der Waals surface area contributed by atoms with Gasteiger partial charge in [0.2, 0.25) is 0 Å². The molecule has 1 aromatic rings. The molecule has 1 aliphatic rings. The van der Waals surface area contributed by atoms with Crippen molar-refractivity contribution in [2.24, 2.45) is 0 Å². The minimum absolute atomic E-state index is 0.191. The van der Waals surface area contributed by atoms with E-state index in [4.69, 9.17) is 9.47 Å². The van der Waals surface area contributed by atoms with Gasteiger partial charge in [-0.05, 0) is 47.6 Å². The van der Waals surface area contributed by atoms with Crippen molar-refractivity contribution in [3.8, 4) is 0 Å². The van der Waals surface area contributed by atoms with Crippen LogP contribution in [0.2, 0.25) is 0 Å². The van der Waals surface area contributed by atoms with E-state index in [9.17, 15) is 22.8 Å². The number of hydrogen-bond donors (Lipinski definition) is 1. The number of carbonyl (C=O) groups excluding carboxylic acids is 2. The maximum absolute atomic E-state index is 14.4. The van der Waals surface area contributed by atoms with Crippen LogP contribution in [0.1, 0.15) is 47.1 Å². The minimum Gasteiger partial charge on any atom is -0.444 e. The molecule has 1 aromatic carbocycles. The van der Waals surface area contributed by atoms with Gasteiger partial charge in [0, 0.05) is 11.6 Å². The molecule has 28 heavy (non-hydrogen) atoms. The highest BCUT2D eigenvalue weighted by molar-refractivity contribution is 5.73. The number of nitrogens with one attached hydrogen (secondary N) is 1. The molecule has 0 radical (unpaired) electrons. The van der Waals surface area contributed by atoms with Gasteiger partial charge in [0.25, 0.3) is 0 Å². The van der Waals surface area contributed by atoms with Crippen LogP contribution in [0.5, 0.6) is 0 Å². The van der Waals surface area contributed by atoms with Gasteiger partial charge < -0.3 is 19.7 Å². The molecule has 1 heterocycles. The zero-order valence-electron chi connectivity index (χ0n) is 16.8. The second-order valence-electron chi connectivity index (χ2n) is 8.79. The fourth-order valence-corrected chi connectivity index (χ4v) is 2.77. The third kappa shape index (κ3) is 5.08. The van der Waals surface area contributed by atoms with Crippen LogP contribution in [0.15, 0.2) is 12.1 Å². The Morgan fingerprint density at radius 1 is 0.929 bits per heavy atom. The molecule has 156 valence electrons. The summed E-state index contributed by atoms with van der Waals surface area (Å²) in [6, 6.07) is 1.08. The Balaban J connectivity index is 2.30. The van der Waals surface area contributed by atoms with Crippen LogP contribution in [0, 0.1) is 17.5 Å². The molecule has 9 heteroatoms. The second-order valence-corrected chi connectivity index (χ2v) is 8.79. The molecule has 0 aromatic heterocycles. The summed E-state index contributed by atoms with van der Waals surface area (Å²) in [5.41, 5.74) is -3.33. The molecule has 0 saturated carbocycles. The molecule has 1 N–H and O–H groups in total. The minimum atomic E-state index is -1.47. The van der Waals surface area contributed by atoms with Gasteiger partial charge in [-0.3, -0.25) is 0 Å². The molecular weight excluding hydrogens is 377 g/mol. The van der Waals surface area contributed by atoms with Crippen LogP contribution in [0.3, 0.4) is 0 Å². The maximum Gasteiger partial charge on any atom is 0.410 e. The second kappa shape index (κ2) is 7.18. The van der Waals surface area contributed by atoms with Gasteiger partial charge in [-0.2, -0.15) is 0 Å². The summed E-state index contributed by atoms with van der Waals surface area (Å²) in [5, 5.41) is 2.50. The zero-order valence-corrected chi connectivity index (χ0v) is 16.8. The number of hydrogen-bond acceptors (Lipinski definition) is 4. The van der Waals surface area contributed by atoms with Crippen LogP contribution in [0.4, 0.5) is 22.8 Å². The van der Waals surface area contributed by atoms with E-state index in [1.807, 2.05) is 0 Å². The van der Waals surface area contributed by atoms with E-state index >= 15 is 0 Å². The molecule has 2 amide bonds. The smallest absolute Gasteiger partial charge is 0.410 e. The first-order chi connectivity index (χ1) is 12.6. The largest absolute Gasteiger partial charge is 0.444 e. The summed E-state index contributed by atoms with van der Waals surface area (Å²) in [6.07, 6.45) is -1.54. The average Bonchev–Trinajstić information content (AvgIpc) is 2.42. The summed E-state index contributed by atoms with van der Waals surface area (Å²) in [6.45, 7) is 9.61. The molecular formula is C19H25F3N2O4. The van der Waals surface area contributed by atoms with Crippen molar-refractivity contribution >= 4 is 12.2 Å². The Morgan fingerprint density at radius 3 is 1.93 bits per heavy atom. The molecule has 0 aliphatic carbocycles. The maximum atomic E-state index is 14.4. The number of halogens is 3. The number of rotatable bonds is 2. The lowest BCUT2D eigenvalue weighted by Crippen LogP contribution is -2.69. The number of likely N-dealkylation sites (tertiary alicyclic amines) is 1. The van der Waals surface area contributed by atoms with Crippen molar-refractivity contribution in [3.63, 3.8) is 0 Å². The van der Waals surface area contributed by atoms with E-state index in [-0.39, 0.29) is 18.7 Å². The van der Waals surface area contributed by atoms with E-state index in [2.05, 4.69) is 5.32 Å². The molecule has 0 atom stereocenters. The van der Waals surface area contributed by atoms with Gasteiger partial charge in [-0.15, -0.1) is 0 Å². The molecule has 2 rings (SSSR count). The molecule has 0 spiro atoms. The predicted octanol–water partition coefficient (Wildman–Crippen LogP) is 4.07. The van der Waals surface area contributed by atoms with Gasteiger partial charge in [0.1, 0.15) is 22.6 Å². The quantitative estimate of drug-likeness (QED) is 0.757. The van der Waals surface area contributed by atoms with Crippen molar-refractivity contribution < 1.29 is 32.2 Å². The average molecular weight is 402 g/mol. The van der Waals surface area contributed by atoms with Crippen molar-refractivity contribution in [3.05, 3.63) is 35.1 Å². The molecule has 6 nitrogen and oxygen atoms in total. The Bertz CT molecular complexity index is 779. The normalized spacial score (nSPS) is 16.2. The van der Waals surface area contributed by atoms with E-state index in [1.165, 1.54) is 4.90 Å². The zero-order chi connectivity index (χ0) is 21.5. The molecule has 0 bridgehead atoms. The first-order valence-electron chi connectivity index (χ1n) is 8.76. The Labute approximate surface area is 162 Å². The Kier molecular flexibility index (Phi) is 5.60. The molecule has 1 aliphatic heterocycles. The highest BCUT2D eigenvalue weighted by Crippen LogP contribution is 2.36. The lowest BCUT2D eigenvalue weighted by atomic mass is 9.82. The molecule has 0 unspecified atom stereocenters. The van der Waals surface area contributed by atoms with Gasteiger partial charge in [-0.25, -0.2) is 22.8 Å². The highest BCUT2D eigenvalue weighted by atomic mass is 19.2. The molecule has 1 fully saturated rings. The van der Waals surface area contributed by atoms with Crippen LogP contribution in [-0.2, 0) is 15.0 Å². The topological polar surface area (TPSA) is 67.9 Å². The summed E-state index contributed by atoms with van der Waals surface area (Å²) >= 11 is 0. The summed E-state index contributed by atoms with van der Waals surface area (Å²) in [7, 11) is 0. The van der Waals surface area contributed by atoms with E-state index in [1.54, 1.807) is 41.5 Å². The third-order valence-electron chi connectivity index (χ3n) is 3.84. The summed E-state index contributed by atoms with van der Waals surface area (Å²) in [5.74, 6) is -3.66. The number of amides is 2. The summed E-state index contributed by atoms with van der Waals surface area (Å²) < 4.78 is 51.9. The monoisotopic (exact) mass is 402 g/mol. The third-order valence-corrected chi connectivity index (χ3v) is 3.84.